The summed E-state index contributed by atoms with van der Waals surface area (Å²) in [7, 11) is 0. The number of aliphatic hydroxyl groups excluding tert-OH is 1. The minimum Gasteiger partial charge on any atom is -0.511 e. The average molecular weight is 339 g/mol. The molecule has 1 aromatic carbocycles. The third-order valence-electron chi connectivity index (χ3n) is 4.52. The van der Waals surface area contributed by atoms with E-state index < -0.39 is 11.8 Å². The van der Waals surface area contributed by atoms with Crippen LogP contribution in [0.5, 0.6) is 0 Å². The van der Waals surface area contributed by atoms with Gasteiger partial charge in [0.2, 0.25) is 0 Å². The van der Waals surface area contributed by atoms with Crippen molar-refractivity contribution < 1.29 is 14.7 Å². The molecule has 0 radical (unpaired) electrons. The van der Waals surface area contributed by atoms with Gasteiger partial charge in [-0.2, -0.15) is 0 Å². The van der Waals surface area contributed by atoms with Crippen LogP contribution < -0.4 is 16.0 Å². The first-order valence-corrected chi connectivity index (χ1v) is 7.98. The monoisotopic (exact) mass is 339 g/mol. The largest absolute Gasteiger partial charge is 0.511 e. The van der Waals surface area contributed by atoms with Gasteiger partial charge in [0.25, 0.3) is 11.8 Å². The van der Waals surface area contributed by atoms with Crippen molar-refractivity contribution in [2.24, 2.45) is 5.92 Å². The first-order chi connectivity index (χ1) is 12.1. The summed E-state index contributed by atoms with van der Waals surface area (Å²) in [6.07, 6.45) is 5.17. The highest BCUT2D eigenvalue weighted by molar-refractivity contribution is 6.23. The van der Waals surface area contributed by atoms with Crippen LogP contribution in [0.25, 0.3) is 5.69 Å². The molecule has 25 heavy (non-hydrogen) atoms. The predicted octanol–water partition coefficient (Wildman–Crippen LogP) is 0.341. The highest BCUT2D eigenvalue weighted by atomic mass is 16.3. The van der Waals surface area contributed by atoms with Gasteiger partial charge in [-0.05, 0) is 24.3 Å². The number of nitrogens with zero attached hydrogens (tertiary/aromatic N) is 2. The van der Waals surface area contributed by atoms with Crippen molar-refractivity contribution in [2.45, 2.75) is 6.04 Å². The molecule has 4 N–H and O–H groups in total. The molecule has 0 spiro atoms. The highest BCUT2D eigenvalue weighted by Crippen LogP contribution is 2.26. The first-order valence-electron chi connectivity index (χ1n) is 7.98. The molecule has 1 aromatic heterocycles. The number of imidazole rings is 1. The van der Waals surface area contributed by atoms with Crippen LogP contribution in [0.2, 0.25) is 0 Å². The van der Waals surface area contributed by atoms with E-state index in [0.717, 1.165) is 5.69 Å². The number of benzene rings is 1. The molecule has 2 unspecified atom stereocenters. The second-order valence-corrected chi connectivity index (χ2v) is 6.08. The van der Waals surface area contributed by atoms with Gasteiger partial charge in [0.1, 0.15) is 11.3 Å². The number of rotatable bonds is 3. The van der Waals surface area contributed by atoms with Crippen LogP contribution in [0, 0.1) is 5.92 Å². The zero-order chi connectivity index (χ0) is 17.4. The maximum absolute atomic E-state index is 12.5. The molecule has 128 valence electrons. The number of carbonyl (C=O) groups excluding carboxylic acids is 2. The number of anilines is 1. The Morgan fingerprint density at radius 3 is 2.80 bits per heavy atom. The van der Waals surface area contributed by atoms with Gasteiger partial charge >= 0.3 is 0 Å². The molecular weight excluding hydrogens is 322 g/mol. The summed E-state index contributed by atoms with van der Waals surface area (Å²) in [4.78, 5) is 28.6. The van der Waals surface area contributed by atoms with E-state index in [1.165, 1.54) is 0 Å². The smallest absolute Gasteiger partial charge is 0.264 e. The number of aromatic nitrogens is 2. The molecule has 0 saturated carbocycles. The summed E-state index contributed by atoms with van der Waals surface area (Å²) < 4.78 is 1.84. The number of carbonyl (C=O) groups is 2. The van der Waals surface area contributed by atoms with E-state index in [1.807, 2.05) is 22.9 Å². The number of nitrogens with one attached hydrogen (secondary N) is 3. The normalized spacial score (nSPS) is 22.5. The molecule has 2 atom stereocenters. The Balaban J connectivity index is 1.53. The molecule has 1 saturated heterocycles. The summed E-state index contributed by atoms with van der Waals surface area (Å²) >= 11 is 0. The fourth-order valence-corrected chi connectivity index (χ4v) is 3.20. The summed E-state index contributed by atoms with van der Waals surface area (Å²) in [6, 6.07) is 6.93. The quantitative estimate of drug-likeness (QED) is 0.603. The SMILES string of the molecule is O=C(Nc1ccc(-n2ccnc2)cc1)C1=C(O)C2CNCC2NC1=O. The van der Waals surface area contributed by atoms with Gasteiger partial charge in [0.05, 0.1) is 18.3 Å². The molecule has 2 aliphatic heterocycles. The molecule has 2 aromatic rings. The number of aliphatic hydroxyl groups is 1. The van der Waals surface area contributed by atoms with Gasteiger partial charge in [-0.3, -0.25) is 9.59 Å². The van der Waals surface area contributed by atoms with E-state index in [-0.39, 0.29) is 23.3 Å². The van der Waals surface area contributed by atoms with Gasteiger partial charge in [-0.25, -0.2) is 4.98 Å². The topological polar surface area (TPSA) is 108 Å². The van der Waals surface area contributed by atoms with Gasteiger partial charge in [0.15, 0.2) is 0 Å². The van der Waals surface area contributed by atoms with Crippen LogP contribution >= 0.6 is 0 Å². The lowest BCUT2D eigenvalue weighted by Gasteiger charge is -2.26. The highest BCUT2D eigenvalue weighted by Gasteiger charge is 2.41. The Kier molecular flexibility index (Phi) is 3.73. The van der Waals surface area contributed by atoms with E-state index in [2.05, 4.69) is 20.9 Å². The van der Waals surface area contributed by atoms with Crippen LogP contribution in [-0.4, -0.2) is 45.6 Å². The van der Waals surface area contributed by atoms with Crippen molar-refractivity contribution in [2.75, 3.05) is 18.4 Å². The Morgan fingerprint density at radius 1 is 1.28 bits per heavy atom. The fourth-order valence-electron chi connectivity index (χ4n) is 3.20. The van der Waals surface area contributed by atoms with E-state index >= 15 is 0 Å². The van der Waals surface area contributed by atoms with E-state index in [1.54, 1.807) is 24.7 Å². The molecule has 2 aliphatic rings. The van der Waals surface area contributed by atoms with Crippen molar-refractivity contribution in [3.63, 3.8) is 0 Å². The molecule has 0 bridgehead atoms. The predicted molar refractivity (Wildman–Crippen MR) is 90.1 cm³/mol. The average Bonchev–Trinajstić information content (AvgIpc) is 3.26. The van der Waals surface area contributed by atoms with Crippen LogP contribution in [0.3, 0.4) is 0 Å². The number of fused-ring (bicyclic) bond motifs is 1. The maximum atomic E-state index is 12.5. The second kappa shape index (κ2) is 6.06. The Morgan fingerprint density at radius 2 is 2.08 bits per heavy atom. The van der Waals surface area contributed by atoms with Crippen LogP contribution in [0.1, 0.15) is 0 Å². The van der Waals surface area contributed by atoms with Crippen molar-refractivity contribution in [1.82, 2.24) is 20.2 Å². The Bertz CT molecular complexity index is 842. The third-order valence-corrected chi connectivity index (χ3v) is 4.52. The zero-order valence-electron chi connectivity index (χ0n) is 13.3. The van der Waals surface area contributed by atoms with Crippen LogP contribution in [-0.2, 0) is 9.59 Å². The fraction of sp³-hybridized carbons (Fsp3) is 0.235. The molecule has 8 heteroatoms. The van der Waals surface area contributed by atoms with Gasteiger partial charge < -0.3 is 25.6 Å². The van der Waals surface area contributed by atoms with Crippen molar-refractivity contribution in [3.05, 3.63) is 54.3 Å². The molecule has 8 nitrogen and oxygen atoms in total. The molecule has 1 fully saturated rings. The maximum Gasteiger partial charge on any atom is 0.264 e. The first kappa shape index (κ1) is 15.4. The lowest BCUT2D eigenvalue weighted by atomic mass is 9.92. The number of hydrogen-bond donors (Lipinski definition) is 4. The van der Waals surface area contributed by atoms with Crippen LogP contribution in [0.15, 0.2) is 54.3 Å². The van der Waals surface area contributed by atoms with Crippen LogP contribution in [0.4, 0.5) is 5.69 Å². The second-order valence-electron chi connectivity index (χ2n) is 6.08. The molecule has 2 amide bonds. The Labute approximate surface area is 143 Å². The van der Waals surface area contributed by atoms with Crippen molar-refractivity contribution >= 4 is 17.5 Å². The summed E-state index contributed by atoms with van der Waals surface area (Å²) in [6.45, 7) is 1.12. The molecule has 3 heterocycles. The molecular formula is C17H17N5O3. The van der Waals surface area contributed by atoms with E-state index in [4.69, 9.17) is 0 Å². The Hall–Kier alpha value is -3.13. The third kappa shape index (κ3) is 2.76. The van der Waals surface area contributed by atoms with E-state index in [0.29, 0.717) is 18.8 Å². The summed E-state index contributed by atoms with van der Waals surface area (Å²) in [5.74, 6) is -1.57. The van der Waals surface area contributed by atoms with Crippen molar-refractivity contribution in [3.8, 4) is 5.69 Å². The van der Waals surface area contributed by atoms with Gasteiger partial charge in [-0.15, -0.1) is 0 Å². The number of hydrogen-bond acceptors (Lipinski definition) is 5. The summed E-state index contributed by atoms with van der Waals surface area (Å²) in [5, 5.41) is 18.9. The lowest BCUT2D eigenvalue weighted by molar-refractivity contribution is -0.123. The minimum atomic E-state index is -0.615. The van der Waals surface area contributed by atoms with E-state index in [9.17, 15) is 14.7 Å². The molecule has 0 aliphatic carbocycles. The standard InChI is InChI=1S/C17H17N5O3/c23-15-12-7-19-8-13(12)21-17(25)14(15)16(24)20-10-1-3-11(4-2-10)22-6-5-18-9-22/h1-6,9,12-13,19,23H,7-8H2,(H,20,24)(H,21,25). The van der Waals surface area contributed by atoms with Crippen molar-refractivity contribution in [1.29, 1.82) is 0 Å². The lowest BCUT2D eigenvalue weighted by Crippen LogP contribution is -2.48. The zero-order valence-corrected chi connectivity index (χ0v) is 13.3. The van der Waals surface area contributed by atoms with Gasteiger partial charge in [-0.1, -0.05) is 0 Å². The summed E-state index contributed by atoms with van der Waals surface area (Å²) in [5.41, 5.74) is 1.21. The van der Waals surface area contributed by atoms with Gasteiger partial charge in [0, 0.05) is 36.9 Å². The number of amides is 2. The minimum absolute atomic E-state index is 0.147. The molecule has 4 rings (SSSR count).